The van der Waals surface area contributed by atoms with Crippen LogP contribution < -0.4 is 9.64 Å². The van der Waals surface area contributed by atoms with E-state index in [2.05, 4.69) is 0 Å². The van der Waals surface area contributed by atoms with Crippen molar-refractivity contribution in [2.45, 2.75) is 25.8 Å². The average Bonchev–Trinajstić information content (AvgIpc) is 3.13. The lowest BCUT2D eigenvalue weighted by atomic mass is 9.94. The van der Waals surface area contributed by atoms with Gasteiger partial charge in [0, 0.05) is 10.7 Å². The van der Waals surface area contributed by atoms with E-state index in [-0.39, 0.29) is 33.4 Å². The van der Waals surface area contributed by atoms with Crippen LogP contribution in [-0.4, -0.2) is 35.0 Å². The van der Waals surface area contributed by atoms with Crippen LogP contribution in [0.3, 0.4) is 0 Å². The van der Waals surface area contributed by atoms with Crippen molar-refractivity contribution in [1.29, 1.82) is 0 Å². The number of aryl methyl sites for hydroxylation is 1. The number of aliphatic hydroxyl groups is 1. The summed E-state index contributed by atoms with van der Waals surface area (Å²) in [5.74, 6) is -3.10. The maximum Gasteiger partial charge on any atom is 0.307 e. The second-order valence-electron chi connectivity index (χ2n) is 8.47. The summed E-state index contributed by atoms with van der Waals surface area (Å²) in [5.41, 5.74) is 2.48. The van der Waals surface area contributed by atoms with Gasteiger partial charge in [0.2, 0.25) is 0 Å². The molecule has 37 heavy (non-hydrogen) atoms. The van der Waals surface area contributed by atoms with E-state index < -0.39 is 29.5 Å². The summed E-state index contributed by atoms with van der Waals surface area (Å²) in [6.07, 6.45) is 0.611. The smallest absolute Gasteiger partial charge is 0.307 e. The molecule has 3 aromatic rings. The predicted octanol–water partition coefficient (Wildman–Crippen LogP) is 5.82. The second kappa shape index (κ2) is 10.7. The van der Waals surface area contributed by atoms with Crippen LogP contribution in [0.1, 0.15) is 35.2 Å². The molecule has 9 heteroatoms. The Hall–Kier alpha value is -3.81. The number of rotatable bonds is 7. The molecule has 1 unspecified atom stereocenters. The Labute approximate surface area is 223 Å². The highest BCUT2D eigenvalue weighted by Crippen LogP contribution is 2.45. The molecule has 1 heterocycles. The van der Waals surface area contributed by atoms with Gasteiger partial charge < -0.3 is 14.9 Å². The summed E-state index contributed by atoms with van der Waals surface area (Å²) in [4.78, 5) is 39.1. The van der Waals surface area contributed by atoms with Crippen LogP contribution in [0.15, 0.2) is 66.2 Å². The van der Waals surface area contributed by atoms with Crippen molar-refractivity contribution in [2.24, 2.45) is 0 Å². The molecule has 0 saturated carbocycles. The molecule has 1 aliphatic heterocycles. The number of halogens is 2. The minimum absolute atomic E-state index is 0.0741. The van der Waals surface area contributed by atoms with Gasteiger partial charge in [-0.2, -0.15) is 0 Å². The third-order valence-electron chi connectivity index (χ3n) is 6.19. The summed E-state index contributed by atoms with van der Waals surface area (Å²) < 4.78 is 5.36. The zero-order chi connectivity index (χ0) is 26.9. The number of anilines is 1. The van der Waals surface area contributed by atoms with E-state index in [1.807, 2.05) is 19.1 Å². The molecule has 1 atom stereocenters. The number of carboxylic acids is 1. The Morgan fingerprint density at radius 2 is 1.59 bits per heavy atom. The average molecular weight is 540 g/mol. The molecule has 1 amide bonds. The predicted molar refractivity (Wildman–Crippen MR) is 141 cm³/mol. The number of ketones is 1. The number of amides is 1. The highest BCUT2D eigenvalue weighted by atomic mass is 35.5. The number of carbonyl (C=O) groups excluding carboxylic acids is 2. The molecule has 0 spiro atoms. The zero-order valence-electron chi connectivity index (χ0n) is 20.0. The summed E-state index contributed by atoms with van der Waals surface area (Å²) in [7, 11) is 1.37. The van der Waals surface area contributed by atoms with Crippen molar-refractivity contribution in [3.8, 4) is 5.75 Å². The van der Waals surface area contributed by atoms with Crippen LogP contribution in [0.4, 0.5) is 5.69 Å². The number of aliphatic carboxylic acids is 1. The molecule has 4 rings (SSSR count). The first-order chi connectivity index (χ1) is 17.7. The van der Waals surface area contributed by atoms with E-state index in [1.54, 1.807) is 36.4 Å². The summed E-state index contributed by atoms with van der Waals surface area (Å²) in [5, 5.41) is 20.8. The fourth-order valence-corrected chi connectivity index (χ4v) is 4.96. The van der Waals surface area contributed by atoms with Gasteiger partial charge in [0.25, 0.3) is 11.7 Å². The van der Waals surface area contributed by atoms with E-state index in [0.29, 0.717) is 16.8 Å². The van der Waals surface area contributed by atoms with Gasteiger partial charge >= 0.3 is 5.97 Å². The fourth-order valence-electron chi connectivity index (χ4n) is 4.39. The molecule has 1 saturated heterocycles. The molecule has 2 N–H and O–H groups in total. The Morgan fingerprint density at radius 1 is 0.973 bits per heavy atom. The summed E-state index contributed by atoms with van der Waals surface area (Å²) in [6, 6.07) is 15.6. The maximum absolute atomic E-state index is 13.4. The minimum Gasteiger partial charge on any atom is -0.507 e. The van der Waals surface area contributed by atoms with Gasteiger partial charge in [0.1, 0.15) is 11.5 Å². The highest BCUT2D eigenvalue weighted by molar-refractivity contribution is 6.52. The Kier molecular flexibility index (Phi) is 7.57. The largest absolute Gasteiger partial charge is 0.507 e. The third kappa shape index (κ3) is 5.05. The van der Waals surface area contributed by atoms with E-state index in [9.17, 15) is 19.5 Å². The van der Waals surface area contributed by atoms with Gasteiger partial charge in [0.05, 0.1) is 35.7 Å². The van der Waals surface area contributed by atoms with E-state index in [4.69, 9.17) is 33.0 Å². The van der Waals surface area contributed by atoms with Crippen molar-refractivity contribution in [3.05, 3.63) is 98.5 Å². The van der Waals surface area contributed by atoms with Crippen molar-refractivity contribution >= 4 is 52.3 Å². The normalized spacial score (nSPS) is 16.8. The lowest BCUT2D eigenvalue weighted by Crippen LogP contribution is -2.29. The van der Waals surface area contributed by atoms with Crippen molar-refractivity contribution in [3.63, 3.8) is 0 Å². The number of aliphatic hydroxyl groups excluding tert-OH is 1. The van der Waals surface area contributed by atoms with Crippen LogP contribution in [0.2, 0.25) is 10.0 Å². The lowest BCUT2D eigenvalue weighted by Gasteiger charge is -2.26. The first-order valence-electron chi connectivity index (χ1n) is 11.4. The van der Waals surface area contributed by atoms with Gasteiger partial charge in [0.15, 0.2) is 0 Å². The van der Waals surface area contributed by atoms with Crippen LogP contribution >= 0.6 is 23.2 Å². The fraction of sp³-hybridized carbons (Fsp3) is 0.179. The van der Waals surface area contributed by atoms with Gasteiger partial charge in [-0.05, 0) is 47.4 Å². The zero-order valence-corrected chi connectivity index (χ0v) is 21.5. The van der Waals surface area contributed by atoms with Crippen LogP contribution in [0.5, 0.6) is 5.75 Å². The van der Waals surface area contributed by atoms with E-state index >= 15 is 0 Å². The number of ether oxygens (including phenoxy) is 1. The SMILES string of the molecule is CCc1ccc(C2/C(=C(\O)c3cc(Cl)cc(Cl)c3OC)C(=O)C(=O)N2c2ccc(CC(=O)O)cc2)cc1. The van der Waals surface area contributed by atoms with Gasteiger partial charge in [-0.25, -0.2) is 0 Å². The molecule has 190 valence electrons. The molecular formula is C28H23Cl2NO6. The Balaban J connectivity index is 1.93. The third-order valence-corrected chi connectivity index (χ3v) is 6.68. The molecule has 1 fully saturated rings. The quantitative estimate of drug-likeness (QED) is 0.223. The lowest BCUT2D eigenvalue weighted by molar-refractivity contribution is -0.136. The first kappa shape index (κ1) is 26.3. The van der Waals surface area contributed by atoms with Crippen LogP contribution in [0, 0.1) is 0 Å². The molecular weight excluding hydrogens is 517 g/mol. The van der Waals surface area contributed by atoms with Gasteiger partial charge in [-0.1, -0.05) is 66.5 Å². The maximum atomic E-state index is 13.4. The van der Waals surface area contributed by atoms with Crippen molar-refractivity contribution in [2.75, 3.05) is 12.0 Å². The summed E-state index contributed by atoms with van der Waals surface area (Å²) >= 11 is 12.4. The topological polar surface area (TPSA) is 104 Å². The number of hydrogen-bond donors (Lipinski definition) is 2. The number of carbonyl (C=O) groups is 3. The Morgan fingerprint density at radius 3 is 2.16 bits per heavy atom. The summed E-state index contributed by atoms with van der Waals surface area (Å²) in [6.45, 7) is 2.01. The molecule has 0 aromatic heterocycles. The van der Waals surface area contributed by atoms with Gasteiger partial charge in [-0.15, -0.1) is 0 Å². The second-order valence-corrected chi connectivity index (χ2v) is 9.31. The number of benzene rings is 3. The molecule has 0 bridgehead atoms. The monoisotopic (exact) mass is 539 g/mol. The van der Waals surface area contributed by atoms with Gasteiger partial charge in [-0.3, -0.25) is 19.3 Å². The number of nitrogens with zero attached hydrogens (tertiary/aromatic N) is 1. The van der Waals surface area contributed by atoms with E-state index in [0.717, 1.165) is 12.0 Å². The standard InChI is InChI=1S/C28H23Cl2NO6/c1-3-15-4-8-17(9-5-15)24-23(25(34)20-13-18(29)14-21(30)27(20)37-2)26(35)28(36)31(24)19-10-6-16(7-11-19)12-22(32)33/h4-11,13-14,24,34H,3,12H2,1-2H3,(H,32,33)/b25-23+. The number of Topliss-reactive ketones (excluding diaryl/α,β-unsaturated/α-hetero) is 1. The molecule has 1 aliphatic rings. The van der Waals surface area contributed by atoms with Crippen molar-refractivity contribution in [1.82, 2.24) is 0 Å². The number of methoxy groups -OCH3 is 1. The molecule has 7 nitrogen and oxygen atoms in total. The Bertz CT molecular complexity index is 1410. The molecule has 0 aliphatic carbocycles. The number of carboxylic acid groups (broad SMARTS) is 1. The highest BCUT2D eigenvalue weighted by Gasteiger charge is 2.47. The van der Waals surface area contributed by atoms with Crippen molar-refractivity contribution < 1.29 is 29.3 Å². The minimum atomic E-state index is -0.988. The molecule has 3 aromatic carbocycles. The van der Waals surface area contributed by atoms with E-state index in [1.165, 1.54) is 24.1 Å². The first-order valence-corrected chi connectivity index (χ1v) is 12.2. The number of hydrogen-bond acceptors (Lipinski definition) is 5. The van der Waals surface area contributed by atoms with Crippen LogP contribution in [-0.2, 0) is 27.2 Å². The van der Waals surface area contributed by atoms with Crippen LogP contribution in [0.25, 0.3) is 5.76 Å². The molecule has 0 radical (unpaired) electrons.